The summed E-state index contributed by atoms with van der Waals surface area (Å²) < 4.78 is 0. The molecule has 18 heavy (non-hydrogen) atoms. The third kappa shape index (κ3) is 2.80. The van der Waals surface area contributed by atoms with Crippen LogP contribution in [-0.4, -0.2) is 18.2 Å². The monoisotopic (exact) mass is 264 g/mol. The molecule has 0 aliphatic carbocycles. The van der Waals surface area contributed by atoms with Crippen molar-refractivity contribution in [2.75, 3.05) is 22.9 Å². The molecule has 0 fully saturated rings. The molecule has 1 heterocycles. The van der Waals surface area contributed by atoms with Crippen molar-refractivity contribution >= 4 is 29.0 Å². The first-order chi connectivity index (χ1) is 8.61. The quantitative estimate of drug-likeness (QED) is 0.853. The van der Waals surface area contributed by atoms with Crippen LogP contribution in [0.2, 0.25) is 0 Å². The number of nitrogens with zero attached hydrogens (tertiary/aromatic N) is 1. The second kappa shape index (κ2) is 5.65. The third-order valence-electron chi connectivity index (χ3n) is 3.37. The summed E-state index contributed by atoms with van der Waals surface area (Å²) in [5.41, 5.74) is 7.53. The molecular formula is C14H20N2OS. The van der Waals surface area contributed by atoms with Gasteiger partial charge in [-0.15, -0.1) is 11.8 Å². The molecule has 0 saturated carbocycles. The summed E-state index contributed by atoms with van der Waals surface area (Å²) in [5, 5.41) is 0. The molecule has 98 valence electrons. The molecule has 1 unspecified atom stereocenters. The minimum Gasteiger partial charge on any atom is -0.399 e. The highest BCUT2D eigenvalue weighted by molar-refractivity contribution is 7.99. The number of anilines is 2. The molecular weight excluding hydrogens is 244 g/mol. The first-order valence-electron chi connectivity index (χ1n) is 6.44. The highest BCUT2D eigenvalue weighted by atomic mass is 32.2. The normalized spacial score (nSPS) is 16.2. The molecule has 4 heteroatoms. The Bertz CT molecular complexity index is 447. The summed E-state index contributed by atoms with van der Waals surface area (Å²) in [6, 6.07) is 5.82. The number of benzene rings is 1. The molecule has 0 spiro atoms. The minimum atomic E-state index is 0.219. The first-order valence-corrected chi connectivity index (χ1v) is 7.43. The fraction of sp³-hybridized carbons (Fsp3) is 0.500. The number of rotatable bonds is 3. The highest BCUT2D eigenvalue weighted by Gasteiger charge is 2.23. The number of fused-ring (bicyclic) bond motifs is 1. The van der Waals surface area contributed by atoms with Crippen molar-refractivity contribution in [3.63, 3.8) is 0 Å². The van der Waals surface area contributed by atoms with E-state index in [1.54, 1.807) is 11.8 Å². The molecule has 3 nitrogen and oxygen atoms in total. The van der Waals surface area contributed by atoms with Crippen molar-refractivity contribution in [1.29, 1.82) is 0 Å². The van der Waals surface area contributed by atoms with Gasteiger partial charge in [0.25, 0.3) is 0 Å². The van der Waals surface area contributed by atoms with E-state index >= 15 is 0 Å². The molecule has 0 aromatic heterocycles. The standard InChI is InChI=1S/C14H20N2OS/c1-3-10(2)8-14(17)16-6-7-18-13-5-4-11(15)9-12(13)16/h4-5,9-10H,3,6-8,15H2,1-2H3. The molecule has 2 N–H and O–H groups in total. The molecule has 0 bridgehead atoms. The largest absolute Gasteiger partial charge is 0.399 e. The molecule has 1 aliphatic rings. The summed E-state index contributed by atoms with van der Waals surface area (Å²) >= 11 is 1.79. The van der Waals surface area contributed by atoms with Gasteiger partial charge >= 0.3 is 0 Å². The SMILES string of the molecule is CCC(C)CC(=O)N1CCSc2ccc(N)cc21. The summed E-state index contributed by atoms with van der Waals surface area (Å²) in [5.74, 6) is 1.62. The lowest BCUT2D eigenvalue weighted by atomic mass is 10.0. The lowest BCUT2D eigenvalue weighted by Crippen LogP contribution is -2.36. The van der Waals surface area contributed by atoms with E-state index in [4.69, 9.17) is 5.73 Å². The zero-order chi connectivity index (χ0) is 13.1. The Kier molecular flexibility index (Phi) is 4.17. The Morgan fingerprint density at radius 3 is 3.06 bits per heavy atom. The average Bonchev–Trinajstić information content (AvgIpc) is 2.37. The Hall–Kier alpha value is -1.16. The second-order valence-corrected chi connectivity index (χ2v) is 5.98. The maximum Gasteiger partial charge on any atom is 0.227 e. The van der Waals surface area contributed by atoms with Crippen molar-refractivity contribution in [3.8, 4) is 0 Å². The number of hydrogen-bond donors (Lipinski definition) is 1. The molecule has 0 radical (unpaired) electrons. The lowest BCUT2D eigenvalue weighted by molar-refractivity contribution is -0.119. The van der Waals surface area contributed by atoms with Gasteiger partial charge in [-0.25, -0.2) is 0 Å². The van der Waals surface area contributed by atoms with Gasteiger partial charge in [-0.2, -0.15) is 0 Å². The molecule has 1 amide bonds. The molecule has 2 rings (SSSR count). The van der Waals surface area contributed by atoms with Crippen LogP contribution in [0.25, 0.3) is 0 Å². The summed E-state index contributed by atoms with van der Waals surface area (Å²) in [4.78, 5) is 15.4. The van der Waals surface area contributed by atoms with Crippen LogP contribution >= 0.6 is 11.8 Å². The van der Waals surface area contributed by atoms with Crippen molar-refractivity contribution in [2.24, 2.45) is 5.92 Å². The predicted octanol–water partition coefficient (Wildman–Crippen LogP) is 3.14. The maximum atomic E-state index is 12.3. The Morgan fingerprint density at radius 2 is 2.33 bits per heavy atom. The number of thioether (sulfide) groups is 1. The fourth-order valence-corrected chi connectivity index (χ4v) is 3.02. The van der Waals surface area contributed by atoms with Gasteiger partial charge < -0.3 is 10.6 Å². The molecule has 1 atom stereocenters. The number of amides is 1. The Labute approximate surface area is 113 Å². The van der Waals surface area contributed by atoms with Gasteiger partial charge in [0, 0.05) is 29.3 Å². The number of nitrogen functional groups attached to an aromatic ring is 1. The fourth-order valence-electron chi connectivity index (χ4n) is 2.05. The predicted molar refractivity (Wildman–Crippen MR) is 78.0 cm³/mol. The van der Waals surface area contributed by atoms with Gasteiger partial charge in [-0.3, -0.25) is 4.79 Å². The lowest BCUT2D eigenvalue weighted by Gasteiger charge is -2.30. The van der Waals surface area contributed by atoms with Gasteiger partial charge in [0.15, 0.2) is 0 Å². The van der Waals surface area contributed by atoms with E-state index in [0.717, 1.165) is 35.0 Å². The van der Waals surface area contributed by atoms with Gasteiger partial charge in [0.1, 0.15) is 0 Å². The summed E-state index contributed by atoms with van der Waals surface area (Å²) in [6.07, 6.45) is 1.66. The van der Waals surface area contributed by atoms with Crippen molar-refractivity contribution in [1.82, 2.24) is 0 Å². The van der Waals surface area contributed by atoms with Crippen LogP contribution in [-0.2, 0) is 4.79 Å². The Morgan fingerprint density at radius 1 is 1.56 bits per heavy atom. The van der Waals surface area contributed by atoms with Crippen LogP contribution in [0.4, 0.5) is 11.4 Å². The topological polar surface area (TPSA) is 46.3 Å². The van der Waals surface area contributed by atoms with Crippen LogP contribution in [0, 0.1) is 5.92 Å². The van der Waals surface area contributed by atoms with Gasteiger partial charge in [-0.1, -0.05) is 20.3 Å². The van der Waals surface area contributed by atoms with E-state index in [-0.39, 0.29) is 5.91 Å². The Balaban J connectivity index is 2.21. The van der Waals surface area contributed by atoms with Crippen LogP contribution < -0.4 is 10.6 Å². The second-order valence-electron chi connectivity index (χ2n) is 4.84. The summed E-state index contributed by atoms with van der Waals surface area (Å²) in [7, 11) is 0. The highest BCUT2D eigenvalue weighted by Crippen LogP contribution is 2.36. The number of hydrogen-bond acceptors (Lipinski definition) is 3. The molecule has 1 aromatic carbocycles. The van der Waals surface area contributed by atoms with E-state index < -0.39 is 0 Å². The van der Waals surface area contributed by atoms with Crippen molar-refractivity contribution in [2.45, 2.75) is 31.6 Å². The van der Waals surface area contributed by atoms with Crippen LogP contribution in [0.15, 0.2) is 23.1 Å². The van der Waals surface area contributed by atoms with Crippen molar-refractivity contribution < 1.29 is 4.79 Å². The number of nitrogens with two attached hydrogens (primary N) is 1. The van der Waals surface area contributed by atoms with E-state index in [1.807, 2.05) is 23.1 Å². The van der Waals surface area contributed by atoms with Crippen LogP contribution in [0.3, 0.4) is 0 Å². The summed E-state index contributed by atoms with van der Waals surface area (Å²) in [6.45, 7) is 5.03. The molecule has 1 aromatic rings. The zero-order valence-corrected chi connectivity index (χ0v) is 11.8. The number of carbonyl (C=O) groups excluding carboxylic acids is 1. The maximum absolute atomic E-state index is 12.3. The van der Waals surface area contributed by atoms with E-state index in [0.29, 0.717) is 12.3 Å². The van der Waals surface area contributed by atoms with Crippen molar-refractivity contribution in [3.05, 3.63) is 18.2 Å². The zero-order valence-electron chi connectivity index (χ0n) is 11.0. The van der Waals surface area contributed by atoms with Crippen LogP contribution in [0.5, 0.6) is 0 Å². The average molecular weight is 264 g/mol. The number of carbonyl (C=O) groups is 1. The molecule has 0 saturated heterocycles. The van der Waals surface area contributed by atoms with E-state index in [1.165, 1.54) is 0 Å². The van der Waals surface area contributed by atoms with E-state index in [2.05, 4.69) is 13.8 Å². The van der Waals surface area contributed by atoms with Gasteiger partial charge in [0.2, 0.25) is 5.91 Å². The van der Waals surface area contributed by atoms with Gasteiger partial charge in [0.05, 0.1) is 5.69 Å². The smallest absolute Gasteiger partial charge is 0.227 e. The van der Waals surface area contributed by atoms with Crippen LogP contribution in [0.1, 0.15) is 26.7 Å². The van der Waals surface area contributed by atoms with E-state index in [9.17, 15) is 4.79 Å². The van der Waals surface area contributed by atoms with Gasteiger partial charge in [-0.05, 0) is 24.1 Å². The minimum absolute atomic E-state index is 0.219. The first kappa shape index (κ1) is 13.3. The third-order valence-corrected chi connectivity index (χ3v) is 4.41. The molecule has 1 aliphatic heterocycles.